The summed E-state index contributed by atoms with van der Waals surface area (Å²) in [6, 6.07) is 0. The summed E-state index contributed by atoms with van der Waals surface area (Å²) in [6.45, 7) is 0. The second-order valence-electron chi connectivity index (χ2n) is 4.31. The normalized spacial score (nSPS) is 23.6. The second kappa shape index (κ2) is 5.77. The Labute approximate surface area is 105 Å². The standard InChI is InChI=1S/C12H16N2O4/c1-17-8-3-2-4-9(5-8)18-11-7-13-10(6-14-11)12(15)16/h6-9H,2-5H2,1H3,(H,15,16). The number of aromatic nitrogens is 2. The van der Waals surface area contributed by atoms with Crippen LogP contribution in [0.1, 0.15) is 36.2 Å². The van der Waals surface area contributed by atoms with Crippen molar-refractivity contribution in [3.63, 3.8) is 0 Å². The van der Waals surface area contributed by atoms with Gasteiger partial charge in [-0.1, -0.05) is 0 Å². The summed E-state index contributed by atoms with van der Waals surface area (Å²) in [6.07, 6.45) is 6.75. The van der Waals surface area contributed by atoms with Crippen molar-refractivity contribution >= 4 is 5.97 Å². The molecule has 1 N–H and O–H groups in total. The smallest absolute Gasteiger partial charge is 0.356 e. The van der Waals surface area contributed by atoms with E-state index < -0.39 is 5.97 Å². The van der Waals surface area contributed by atoms with Crippen LogP contribution in [0, 0.1) is 0 Å². The second-order valence-corrected chi connectivity index (χ2v) is 4.31. The van der Waals surface area contributed by atoms with Gasteiger partial charge < -0.3 is 14.6 Å². The summed E-state index contributed by atoms with van der Waals surface area (Å²) >= 11 is 0. The average Bonchev–Trinajstić information content (AvgIpc) is 2.39. The summed E-state index contributed by atoms with van der Waals surface area (Å²) in [7, 11) is 1.70. The van der Waals surface area contributed by atoms with Crippen LogP contribution in [0.4, 0.5) is 0 Å². The van der Waals surface area contributed by atoms with Crippen molar-refractivity contribution in [2.75, 3.05) is 7.11 Å². The third-order valence-electron chi connectivity index (χ3n) is 3.05. The Morgan fingerprint density at radius 2 is 2.11 bits per heavy atom. The van der Waals surface area contributed by atoms with Crippen molar-refractivity contribution in [3.8, 4) is 5.88 Å². The number of hydrogen-bond donors (Lipinski definition) is 1. The molecule has 1 heterocycles. The lowest BCUT2D eigenvalue weighted by molar-refractivity contribution is 0.0193. The maximum absolute atomic E-state index is 10.6. The van der Waals surface area contributed by atoms with E-state index in [-0.39, 0.29) is 17.9 Å². The van der Waals surface area contributed by atoms with Gasteiger partial charge in [0.1, 0.15) is 6.10 Å². The highest BCUT2D eigenvalue weighted by atomic mass is 16.5. The Morgan fingerprint density at radius 3 is 2.72 bits per heavy atom. The molecule has 1 aromatic rings. The number of methoxy groups -OCH3 is 1. The number of carboxylic acid groups (broad SMARTS) is 1. The number of carbonyl (C=O) groups is 1. The molecule has 98 valence electrons. The molecule has 1 aliphatic carbocycles. The molecule has 2 unspecified atom stereocenters. The lowest BCUT2D eigenvalue weighted by atomic mass is 9.95. The van der Waals surface area contributed by atoms with Gasteiger partial charge in [-0.3, -0.25) is 0 Å². The van der Waals surface area contributed by atoms with E-state index in [4.69, 9.17) is 14.6 Å². The van der Waals surface area contributed by atoms with Crippen molar-refractivity contribution in [3.05, 3.63) is 18.1 Å². The number of rotatable bonds is 4. The van der Waals surface area contributed by atoms with E-state index in [1.807, 2.05) is 0 Å². The highest BCUT2D eigenvalue weighted by Crippen LogP contribution is 2.24. The third kappa shape index (κ3) is 3.16. The van der Waals surface area contributed by atoms with Gasteiger partial charge in [-0.15, -0.1) is 0 Å². The van der Waals surface area contributed by atoms with E-state index in [2.05, 4.69) is 9.97 Å². The van der Waals surface area contributed by atoms with Gasteiger partial charge in [-0.25, -0.2) is 14.8 Å². The Balaban J connectivity index is 1.94. The molecule has 1 fully saturated rings. The Morgan fingerprint density at radius 1 is 1.33 bits per heavy atom. The first kappa shape index (κ1) is 12.8. The van der Waals surface area contributed by atoms with Crippen LogP contribution in [0.15, 0.2) is 12.4 Å². The molecule has 0 aromatic carbocycles. The van der Waals surface area contributed by atoms with Crippen LogP contribution in [0.2, 0.25) is 0 Å². The number of nitrogens with zero attached hydrogens (tertiary/aromatic N) is 2. The van der Waals surface area contributed by atoms with Gasteiger partial charge >= 0.3 is 5.97 Å². The van der Waals surface area contributed by atoms with Crippen LogP contribution in [-0.2, 0) is 4.74 Å². The lowest BCUT2D eigenvalue weighted by Gasteiger charge is -2.28. The van der Waals surface area contributed by atoms with Gasteiger partial charge in [-0.05, 0) is 19.3 Å². The molecule has 1 saturated carbocycles. The molecule has 6 nitrogen and oxygen atoms in total. The first-order valence-electron chi connectivity index (χ1n) is 5.94. The van der Waals surface area contributed by atoms with Crippen molar-refractivity contribution < 1.29 is 19.4 Å². The Hall–Kier alpha value is -1.69. The molecule has 0 aliphatic heterocycles. The van der Waals surface area contributed by atoms with Crippen LogP contribution in [0.5, 0.6) is 5.88 Å². The quantitative estimate of drug-likeness (QED) is 0.874. The summed E-state index contributed by atoms with van der Waals surface area (Å²) in [5, 5.41) is 8.70. The van der Waals surface area contributed by atoms with E-state index in [0.29, 0.717) is 5.88 Å². The summed E-state index contributed by atoms with van der Waals surface area (Å²) < 4.78 is 11.0. The molecule has 1 aliphatic rings. The number of hydrogen-bond acceptors (Lipinski definition) is 5. The molecule has 1 aromatic heterocycles. The summed E-state index contributed by atoms with van der Waals surface area (Å²) in [4.78, 5) is 18.3. The van der Waals surface area contributed by atoms with Crippen LogP contribution in [-0.4, -0.2) is 40.4 Å². The van der Waals surface area contributed by atoms with E-state index >= 15 is 0 Å². The zero-order valence-corrected chi connectivity index (χ0v) is 10.2. The minimum atomic E-state index is -1.09. The van der Waals surface area contributed by atoms with Crippen LogP contribution in [0.3, 0.4) is 0 Å². The fraction of sp³-hybridized carbons (Fsp3) is 0.583. The molecular formula is C12H16N2O4. The van der Waals surface area contributed by atoms with Crippen molar-refractivity contribution in [1.29, 1.82) is 0 Å². The van der Waals surface area contributed by atoms with Crippen LogP contribution < -0.4 is 4.74 Å². The first-order valence-corrected chi connectivity index (χ1v) is 5.94. The average molecular weight is 252 g/mol. The predicted molar refractivity (Wildman–Crippen MR) is 62.7 cm³/mol. The van der Waals surface area contributed by atoms with Crippen LogP contribution >= 0.6 is 0 Å². The van der Waals surface area contributed by atoms with Gasteiger partial charge in [0, 0.05) is 13.5 Å². The van der Waals surface area contributed by atoms with Crippen molar-refractivity contribution in [1.82, 2.24) is 9.97 Å². The molecule has 6 heteroatoms. The molecule has 2 rings (SSSR count). The molecule has 18 heavy (non-hydrogen) atoms. The maximum atomic E-state index is 10.6. The fourth-order valence-corrected chi connectivity index (χ4v) is 2.08. The molecule has 0 amide bonds. The number of carboxylic acids is 1. The van der Waals surface area contributed by atoms with Gasteiger partial charge in [0.2, 0.25) is 5.88 Å². The highest BCUT2D eigenvalue weighted by molar-refractivity contribution is 5.84. The fourth-order valence-electron chi connectivity index (χ4n) is 2.08. The maximum Gasteiger partial charge on any atom is 0.356 e. The molecule has 0 spiro atoms. The number of aromatic carboxylic acids is 1. The minimum Gasteiger partial charge on any atom is -0.476 e. The first-order chi connectivity index (χ1) is 8.69. The molecule has 0 saturated heterocycles. The monoisotopic (exact) mass is 252 g/mol. The molecular weight excluding hydrogens is 236 g/mol. The van der Waals surface area contributed by atoms with E-state index in [9.17, 15) is 4.79 Å². The Bertz CT molecular complexity index is 407. The molecule has 2 atom stereocenters. The van der Waals surface area contributed by atoms with E-state index in [1.165, 1.54) is 12.4 Å². The highest BCUT2D eigenvalue weighted by Gasteiger charge is 2.23. The summed E-state index contributed by atoms with van der Waals surface area (Å²) in [5.74, 6) is -0.729. The van der Waals surface area contributed by atoms with Crippen molar-refractivity contribution in [2.24, 2.45) is 0 Å². The predicted octanol–water partition coefficient (Wildman–Crippen LogP) is 1.51. The third-order valence-corrected chi connectivity index (χ3v) is 3.05. The minimum absolute atomic E-state index is 0.0636. The summed E-state index contributed by atoms with van der Waals surface area (Å²) in [5.41, 5.74) is -0.0826. The van der Waals surface area contributed by atoms with E-state index in [0.717, 1.165) is 25.7 Å². The SMILES string of the molecule is COC1CCCC(Oc2cnc(C(=O)O)cn2)C1. The largest absolute Gasteiger partial charge is 0.476 e. The number of ether oxygens (including phenoxy) is 2. The van der Waals surface area contributed by atoms with Gasteiger partial charge in [-0.2, -0.15) is 0 Å². The van der Waals surface area contributed by atoms with Gasteiger partial charge in [0.15, 0.2) is 5.69 Å². The topological polar surface area (TPSA) is 81.5 Å². The Kier molecular flexibility index (Phi) is 4.09. The van der Waals surface area contributed by atoms with Gasteiger partial charge in [0.05, 0.1) is 18.5 Å². The van der Waals surface area contributed by atoms with E-state index in [1.54, 1.807) is 7.11 Å². The zero-order valence-electron chi connectivity index (χ0n) is 10.2. The molecule has 0 bridgehead atoms. The van der Waals surface area contributed by atoms with Crippen molar-refractivity contribution in [2.45, 2.75) is 37.9 Å². The van der Waals surface area contributed by atoms with Crippen LogP contribution in [0.25, 0.3) is 0 Å². The van der Waals surface area contributed by atoms with Gasteiger partial charge in [0.25, 0.3) is 0 Å². The molecule has 0 radical (unpaired) electrons. The lowest BCUT2D eigenvalue weighted by Crippen LogP contribution is -2.29. The zero-order chi connectivity index (χ0) is 13.0.